The number of methoxy groups -OCH3 is 1. The van der Waals surface area contributed by atoms with E-state index in [0.29, 0.717) is 5.56 Å². The van der Waals surface area contributed by atoms with E-state index in [4.69, 9.17) is 16.3 Å². The highest BCUT2D eigenvalue weighted by Gasteiger charge is 2.34. The molecule has 0 fully saturated rings. The van der Waals surface area contributed by atoms with E-state index in [9.17, 15) is 22.4 Å². The number of nitrogens with zero attached hydrogens (tertiary/aromatic N) is 2. The first kappa shape index (κ1) is 30.9. The number of carbonyl (C=O) groups is 2. The smallest absolute Gasteiger partial charge is 0.244 e. The molecule has 2 amide bonds. The number of halogens is 2. The highest BCUT2D eigenvalue weighted by molar-refractivity contribution is 7.92. The van der Waals surface area contributed by atoms with Crippen LogP contribution in [-0.2, 0) is 32.6 Å². The molecule has 0 aliphatic heterocycles. The minimum Gasteiger partial charge on any atom is -0.495 e. The predicted molar refractivity (Wildman–Crippen MR) is 154 cm³/mol. The van der Waals surface area contributed by atoms with Gasteiger partial charge in [-0.25, -0.2) is 12.8 Å². The molecule has 0 spiro atoms. The SMILES string of the molecule is COc1ccc(Cl)cc1N(CC(=O)N(Cc1ccc(F)cc1)[C@@H](Cc1ccccc1)C(=O)NC(C)C)S(C)(=O)=O. The van der Waals surface area contributed by atoms with Gasteiger partial charge < -0.3 is 15.0 Å². The van der Waals surface area contributed by atoms with Crippen molar-refractivity contribution in [3.8, 4) is 5.75 Å². The van der Waals surface area contributed by atoms with Gasteiger partial charge >= 0.3 is 0 Å². The Labute approximate surface area is 239 Å². The zero-order valence-corrected chi connectivity index (χ0v) is 24.4. The van der Waals surface area contributed by atoms with Crippen molar-refractivity contribution >= 4 is 39.1 Å². The fraction of sp³-hybridized carbons (Fsp3) is 0.310. The summed E-state index contributed by atoms with van der Waals surface area (Å²) in [4.78, 5) is 28.9. The summed E-state index contributed by atoms with van der Waals surface area (Å²) in [5.74, 6) is -1.29. The molecular formula is C29H33ClFN3O5S. The number of amides is 2. The summed E-state index contributed by atoms with van der Waals surface area (Å²) in [7, 11) is -2.62. The van der Waals surface area contributed by atoms with Gasteiger partial charge in [0.25, 0.3) is 0 Å². The van der Waals surface area contributed by atoms with Gasteiger partial charge in [-0.15, -0.1) is 0 Å². The van der Waals surface area contributed by atoms with Crippen molar-refractivity contribution in [1.82, 2.24) is 10.2 Å². The number of benzene rings is 3. The first-order valence-electron chi connectivity index (χ1n) is 12.6. The van der Waals surface area contributed by atoms with E-state index in [-0.39, 0.29) is 35.5 Å². The zero-order chi connectivity index (χ0) is 29.4. The topological polar surface area (TPSA) is 96.0 Å². The molecular weight excluding hydrogens is 557 g/mol. The average Bonchev–Trinajstić information content (AvgIpc) is 2.89. The van der Waals surface area contributed by atoms with Gasteiger partial charge in [-0.05, 0) is 55.3 Å². The number of sulfonamides is 1. The van der Waals surface area contributed by atoms with Crippen LogP contribution < -0.4 is 14.4 Å². The van der Waals surface area contributed by atoms with Crippen LogP contribution >= 0.6 is 11.6 Å². The van der Waals surface area contributed by atoms with Crippen LogP contribution in [0.1, 0.15) is 25.0 Å². The monoisotopic (exact) mass is 589 g/mol. The highest BCUT2D eigenvalue weighted by atomic mass is 35.5. The van der Waals surface area contributed by atoms with Crippen molar-refractivity contribution in [3.05, 3.63) is 94.8 Å². The van der Waals surface area contributed by atoms with Gasteiger partial charge in [0, 0.05) is 24.0 Å². The lowest BCUT2D eigenvalue weighted by Crippen LogP contribution is -2.54. The normalized spacial score (nSPS) is 12.1. The summed E-state index contributed by atoms with van der Waals surface area (Å²) < 4.78 is 45.8. The summed E-state index contributed by atoms with van der Waals surface area (Å²) in [6.07, 6.45) is 1.14. The first-order chi connectivity index (χ1) is 18.9. The molecule has 0 bridgehead atoms. The molecule has 0 aromatic heterocycles. The number of carbonyl (C=O) groups excluding carboxylic acids is 2. The molecule has 0 heterocycles. The summed E-state index contributed by atoms with van der Waals surface area (Å²) in [6.45, 7) is 2.92. The van der Waals surface area contributed by atoms with Gasteiger partial charge in [0.2, 0.25) is 21.8 Å². The van der Waals surface area contributed by atoms with Crippen LogP contribution in [0.2, 0.25) is 5.02 Å². The van der Waals surface area contributed by atoms with Crippen molar-refractivity contribution in [2.75, 3.05) is 24.2 Å². The van der Waals surface area contributed by atoms with Gasteiger partial charge in [0.1, 0.15) is 24.2 Å². The second kappa shape index (κ2) is 13.6. The van der Waals surface area contributed by atoms with Crippen molar-refractivity contribution in [2.45, 2.75) is 38.9 Å². The van der Waals surface area contributed by atoms with E-state index in [1.165, 1.54) is 48.4 Å². The standard InChI is InChI=1S/C29H33ClFN3O5S/c1-20(2)32-29(36)26(16-21-8-6-5-7-9-21)33(18-22-10-13-24(31)14-11-22)28(35)19-34(40(4,37)38)25-17-23(30)12-15-27(25)39-3/h5-15,17,20,26H,16,18-19H2,1-4H3,(H,32,36)/t26-/m0/s1. The third kappa shape index (κ3) is 8.43. The highest BCUT2D eigenvalue weighted by Crippen LogP contribution is 2.33. The second-order valence-electron chi connectivity index (χ2n) is 9.60. The van der Waals surface area contributed by atoms with Gasteiger partial charge in [-0.3, -0.25) is 13.9 Å². The summed E-state index contributed by atoms with van der Waals surface area (Å²) >= 11 is 6.16. The fourth-order valence-electron chi connectivity index (χ4n) is 4.17. The van der Waals surface area contributed by atoms with Crippen LogP contribution in [-0.4, -0.2) is 57.1 Å². The van der Waals surface area contributed by atoms with Crippen molar-refractivity contribution in [3.63, 3.8) is 0 Å². The van der Waals surface area contributed by atoms with E-state index < -0.39 is 40.2 Å². The molecule has 0 aliphatic rings. The summed E-state index contributed by atoms with van der Waals surface area (Å²) in [5, 5.41) is 3.12. The first-order valence-corrected chi connectivity index (χ1v) is 14.8. The quantitative estimate of drug-likeness (QED) is 0.337. The van der Waals surface area contributed by atoms with Crippen LogP contribution in [0, 0.1) is 5.82 Å². The molecule has 3 rings (SSSR count). The van der Waals surface area contributed by atoms with Gasteiger partial charge in [-0.1, -0.05) is 54.1 Å². The Morgan fingerprint density at radius 3 is 2.23 bits per heavy atom. The second-order valence-corrected chi connectivity index (χ2v) is 11.9. The summed E-state index contributed by atoms with van der Waals surface area (Å²) in [6, 6.07) is 18.0. The number of nitrogens with one attached hydrogen (secondary N) is 1. The molecule has 3 aromatic rings. The van der Waals surface area contributed by atoms with Crippen LogP contribution in [0.5, 0.6) is 5.75 Å². The molecule has 0 unspecified atom stereocenters. The molecule has 214 valence electrons. The number of ether oxygens (including phenoxy) is 1. The van der Waals surface area contributed by atoms with Crippen molar-refractivity contribution < 1.29 is 27.1 Å². The molecule has 11 heteroatoms. The Morgan fingerprint density at radius 1 is 1.00 bits per heavy atom. The fourth-order valence-corrected chi connectivity index (χ4v) is 5.19. The maximum absolute atomic E-state index is 14.0. The number of anilines is 1. The van der Waals surface area contributed by atoms with Crippen LogP contribution in [0.25, 0.3) is 0 Å². The number of hydrogen-bond donors (Lipinski definition) is 1. The van der Waals surface area contributed by atoms with Gasteiger partial charge in [0.15, 0.2) is 0 Å². The van der Waals surface area contributed by atoms with Crippen LogP contribution in [0.3, 0.4) is 0 Å². The molecule has 1 atom stereocenters. The third-order valence-corrected chi connectivity index (χ3v) is 7.42. The molecule has 0 saturated carbocycles. The van der Waals surface area contributed by atoms with Crippen molar-refractivity contribution in [1.29, 1.82) is 0 Å². The lowest BCUT2D eigenvalue weighted by atomic mass is 10.0. The Bertz CT molecular complexity index is 1420. The summed E-state index contributed by atoms with van der Waals surface area (Å²) in [5.41, 5.74) is 1.45. The molecule has 1 N–H and O–H groups in total. The van der Waals surface area contributed by atoms with E-state index in [1.807, 2.05) is 30.3 Å². The van der Waals surface area contributed by atoms with E-state index in [2.05, 4.69) is 5.32 Å². The van der Waals surface area contributed by atoms with Crippen LogP contribution in [0.4, 0.5) is 10.1 Å². The van der Waals surface area contributed by atoms with Crippen LogP contribution in [0.15, 0.2) is 72.8 Å². The van der Waals surface area contributed by atoms with E-state index in [1.54, 1.807) is 19.9 Å². The maximum Gasteiger partial charge on any atom is 0.244 e. The van der Waals surface area contributed by atoms with Crippen molar-refractivity contribution in [2.24, 2.45) is 0 Å². The minimum atomic E-state index is -4.00. The van der Waals surface area contributed by atoms with E-state index >= 15 is 0 Å². The molecule has 0 aliphatic carbocycles. The average molecular weight is 590 g/mol. The molecule has 40 heavy (non-hydrogen) atoms. The lowest BCUT2D eigenvalue weighted by molar-refractivity contribution is -0.140. The maximum atomic E-state index is 14.0. The van der Waals surface area contributed by atoms with Gasteiger partial charge in [0.05, 0.1) is 19.1 Å². The lowest BCUT2D eigenvalue weighted by Gasteiger charge is -2.34. The zero-order valence-electron chi connectivity index (χ0n) is 22.8. The Hall–Kier alpha value is -3.63. The largest absolute Gasteiger partial charge is 0.495 e. The molecule has 3 aromatic carbocycles. The molecule has 0 saturated heterocycles. The third-order valence-electron chi connectivity index (χ3n) is 6.06. The number of rotatable bonds is 12. The predicted octanol–water partition coefficient (Wildman–Crippen LogP) is 4.42. The Morgan fingerprint density at radius 2 is 1.65 bits per heavy atom. The number of hydrogen-bond acceptors (Lipinski definition) is 5. The van der Waals surface area contributed by atoms with Gasteiger partial charge in [-0.2, -0.15) is 0 Å². The molecule has 8 nitrogen and oxygen atoms in total. The molecule has 0 radical (unpaired) electrons. The minimum absolute atomic E-state index is 0.0631. The Balaban J connectivity index is 2.09. The Kier molecular flexibility index (Phi) is 10.5. The van der Waals surface area contributed by atoms with E-state index in [0.717, 1.165) is 16.1 Å².